The summed E-state index contributed by atoms with van der Waals surface area (Å²) in [6.45, 7) is 5.22. The molecule has 0 saturated carbocycles. The number of hydrogen-bond acceptors (Lipinski definition) is 4. The average molecular weight is 420 g/mol. The maximum atomic E-state index is 6.29. The third-order valence-electron chi connectivity index (χ3n) is 5.18. The Morgan fingerprint density at radius 1 is 0.867 bits per heavy atom. The largest absolute Gasteiger partial charge is 0.489 e. The summed E-state index contributed by atoms with van der Waals surface area (Å²) in [7, 11) is 0. The number of nitrogens with zero attached hydrogens (tertiary/aromatic N) is 3. The number of hydrogen-bond donors (Lipinski definition) is 0. The molecule has 3 aromatic carbocycles. The molecule has 0 radical (unpaired) electrons. The Balaban J connectivity index is 1.27. The minimum absolute atomic E-state index is 0.564. The van der Waals surface area contributed by atoms with Gasteiger partial charge in [-0.25, -0.2) is 0 Å². The predicted molar refractivity (Wildman–Crippen MR) is 123 cm³/mol. The van der Waals surface area contributed by atoms with E-state index >= 15 is 0 Å². The van der Waals surface area contributed by atoms with Crippen molar-refractivity contribution in [2.75, 3.05) is 26.2 Å². The minimum atomic E-state index is 0.564. The molecule has 0 unspecified atom stereocenters. The fourth-order valence-corrected chi connectivity index (χ4v) is 3.65. The first kappa shape index (κ1) is 20.5. The second-order valence-corrected chi connectivity index (χ2v) is 7.82. The Morgan fingerprint density at radius 2 is 1.63 bits per heavy atom. The second kappa shape index (κ2) is 10.3. The van der Waals surface area contributed by atoms with E-state index in [0.717, 1.165) is 54.6 Å². The van der Waals surface area contributed by atoms with Gasteiger partial charge < -0.3 is 4.74 Å². The fraction of sp³-hybridized carbons (Fsp3) is 0.240. The summed E-state index contributed by atoms with van der Waals surface area (Å²) in [4.78, 5) is 2.42. The van der Waals surface area contributed by atoms with Crippen LogP contribution in [0.1, 0.15) is 16.7 Å². The first-order valence-corrected chi connectivity index (χ1v) is 10.7. The van der Waals surface area contributed by atoms with Crippen LogP contribution in [0, 0.1) is 0 Å². The van der Waals surface area contributed by atoms with Crippen molar-refractivity contribution < 1.29 is 4.74 Å². The van der Waals surface area contributed by atoms with Crippen LogP contribution in [0.2, 0.25) is 5.02 Å². The Hall–Kier alpha value is -2.82. The van der Waals surface area contributed by atoms with Crippen molar-refractivity contribution in [3.8, 4) is 5.75 Å². The first-order valence-electron chi connectivity index (χ1n) is 10.3. The third-order valence-corrected chi connectivity index (χ3v) is 5.55. The highest BCUT2D eigenvalue weighted by Gasteiger charge is 2.16. The van der Waals surface area contributed by atoms with Crippen molar-refractivity contribution in [2.45, 2.75) is 13.2 Å². The topological polar surface area (TPSA) is 28.1 Å². The van der Waals surface area contributed by atoms with E-state index in [4.69, 9.17) is 16.3 Å². The van der Waals surface area contributed by atoms with Gasteiger partial charge >= 0.3 is 0 Å². The van der Waals surface area contributed by atoms with Gasteiger partial charge in [-0.15, -0.1) is 0 Å². The molecule has 0 amide bonds. The van der Waals surface area contributed by atoms with Gasteiger partial charge in [0, 0.05) is 37.7 Å². The number of hydrazone groups is 1. The molecule has 4 rings (SSSR count). The monoisotopic (exact) mass is 419 g/mol. The lowest BCUT2D eigenvalue weighted by Crippen LogP contribution is -2.43. The lowest BCUT2D eigenvalue weighted by molar-refractivity contribution is 0.131. The average Bonchev–Trinajstić information content (AvgIpc) is 2.80. The Morgan fingerprint density at radius 3 is 2.43 bits per heavy atom. The lowest BCUT2D eigenvalue weighted by atomic mass is 10.2. The van der Waals surface area contributed by atoms with Crippen LogP contribution < -0.4 is 4.74 Å². The predicted octanol–water partition coefficient (Wildman–Crippen LogP) is 5.07. The van der Waals surface area contributed by atoms with E-state index in [0.29, 0.717) is 6.61 Å². The highest BCUT2D eigenvalue weighted by Crippen LogP contribution is 2.18. The van der Waals surface area contributed by atoms with E-state index in [1.807, 2.05) is 66.9 Å². The van der Waals surface area contributed by atoms with Gasteiger partial charge in [-0.3, -0.25) is 9.91 Å². The zero-order chi connectivity index (χ0) is 20.6. The van der Waals surface area contributed by atoms with Crippen molar-refractivity contribution in [2.24, 2.45) is 5.10 Å². The fourth-order valence-electron chi connectivity index (χ4n) is 3.45. The van der Waals surface area contributed by atoms with Crippen molar-refractivity contribution in [3.63, 3.8) is 0 Å². The van der Waals surface area contributed by atoms with Gasteiger partial charge in [0.15, 0.2) is 0 Å². The van der Waals surface area contributed by atoms with Crippen LogP contribution in [0.4, 0.5) is 0 Å². The van der Waals surface area contributed by atoms with Crippen LogP contribution in [-0.2, 0) is 13.2 Å². The molecule has 1 heterocycles. The van der Waals surface area contributed by atoms with Gasteiger partial charge in [0.05, 0.1) is 6.21 Å². The molecule has 0 spiro atoms. The van der Waals surface area contributed by atoms with Crippen LogP contribution in [0.15, 0.2) is 84.0 Å². The summed E-state index contributed by atoms with van der Waals surface area (Å²) in [5, 5.41) is 7.64. The van der Waals surface area contributed by atoms with Gasteiger partial charge in [0.1, 0.15) is 12.4 Å². The van der Waals surface area contributed by atoms with Crippen LogP contribution in [0.25, 0.3) is 0 Å². The molecule has 3 aromatic rings. The zero-order valence-corrected chi connectivity index (χ0v) is 17.7. The molecule has 154 valence electrons. The van der Waals surface area contributed by atoms with Gasteiger partial charge in [-0.05, 0) is 34.9 Å². The summed E-state index contributed by atoms with van der Waals surface area (Å²) >= 11 is 6.29. The number of rotatable bonds is 7. The quantitative estimate of drug-likeness (QED) is 0.500. The van der Waals surface area contributed by atoms with Crippen molar-refractivity contribution in [1.29, 1.82) is 0 Å². The summed E-state index contributed by atoms with van der Waals surface area (Å²) < 4.78 is 5.91. The second-order valence-electron chi connectivity index (χ2n) is 7.41. The Bertz CT molecular complexity index is 969. The SMILES string of the molecule is Clc1ccccc1CN1CCN(/N=C\c2cccc(OCc3ccccc3)c2)CC1. The summed E-state index contributed by atoms with van der Waals surface area (Å²) in [6, 6.07) is 26.3. The molecule has 0 N–H and O–H groups in total. The standard InChI is InChI=1S/C25H26ClN3O/c26-25-12-5-4-10-23(25)19-28-13-15-29(16-14-28)27-18-22-9-6-11-24(17-22)30-20-21-7-2-1-3-8-21/h1-12,17-18H,13-16,19-20H2/b27-18-. The van der Waals surface area contributed by atoms with E-state index in [1.54, 1.807) is 0 Å². The van der Waals surface area contributed by atoms with Crippen LogP contribution in [0.5, 0.6) is 5.75 Å². The summed E-state index contributed by atoms with van der Waals surface area (Å²) in [6.07, 6.45) is 1.92. The van der Waals surface area contributed by atoms with Crippen molar-refractivity contribution in [1.82, 2.24) is 9.91 Å². The van der Waals surface area contributed by atoms with Crippen molar-refractivity contribution in [3.05, 3.63) is 101 Å². The van der Waals surface area contributed by atoms with Gasteiger partial charge in [-0.2, -0.15) is 5.10 Å². The maximum absolute atomic E-state index is 6.29. The zero-order valence-electron chi connectivity index (χ0n) is 17.0. The van der Waals surface area contributed by atoms with Crippen LogP contribution in [0.3, 0.4) is 0 Å². The van der Waals surface area contributed by atoms with Gasteiger partial charge in [0.25, 0.3) is 0 Å². The molecule has 1 fully saturated rings. The minimum Gasteiger partial charge on any atom is -0.489 e. The third kappa shape index (κ3) is 5.85. The lowest BCUT2D eigenvalue weighted by Gasteiger charge is -2.33. The van der Waals surface area contributed by atoms with E-state index in [-0.39, 0.29) is 0 Å². The summed E-state index contributed by atoms with van der Waals surface area (Å²) in [5.41, 5.74) is 3.38. The number of benzene rings is 3. The normalized spacial score (nSPS) is 14.9. The number of halogens is 1. The van der Waals surface area contributed by atoms with E-state index in [9.17, 15) is 0 Å². The molecule has 0 bridgehead atoms. The maximum Gasteiger partial charge on any atom is 0.120 e. The highest BCUT2D eigenvalue weighted by atomic mass is 35.5. The van der Waals surface area contributed by atoms with Gasteiger partial charge in [0.2, 0.25) is 0 Å². The molecule has 1 aliphatic rings. The van der Waals surface area contributed by atoms with Crippen LogP contribution in [-0.4, -0.2) is 42.3 Å². The molecule has 4 nitrogen and oxygen atoms in total. The Labute approximate surface area is 183 Å². The molecule has 0 atom stereocenters. The number of piperazine rings is 1. The summed E-state index contributed by atoms with van der Waals surface area (Å²) in [5.74, 6) is 0.854. The molecule has 30 heavy (non-hydrogen) atoms. The van der Waals surface area contributed by atoms with E-state index < -0.39 is 0 Å². The molecule has 1 aliphatic heterocycles. The molecule has 1 saturated heterocycles. The van der Waals surface area contributed by atoms with Gasteiger partial charge in [-0.1, -0.05) is 72.3 Å². The molecular weight excluding hydrogens is 394 g/mol. The van der Waals surface area contributed by atoms with E-state index in [1.165, 1.54) is 5.56 Å². The molecular formula is C25H26ClN3O. The molecule has 0 aromatic heterocycles. The number of ether oxygens (including phenoxy) is 1. The van der Waals surface area contributed by atoms with E-state index in [2.05, 4.69) is 33.2 Å². The molecule has 5 heteroatoms. The smallest absolute Gasteiger partial charge is 0.120 e. The first-order chi connectivity index (χ1) is 14.8. The van der Waals surface area contributed by atoms with Crippen molar-refractivity contribution >= 4 is 17.8 Å². The highest BCUT2D eigenvalue weighted by molar-refractivity contribution is 6.31. The molecule has 0 aliphatic carbocycles. The Kier molecular flexibility index (Phi) is 7.01. The van der Waals surface area contributed by atoms with Crippen LogP contribution >= 0.6 is 11.6 Å².